The number of hydrogen-bond acceptors (Lipinski definition) is 8. The number of benzene rings is 2. The molecule has 0 fully saturated rings. The van der Waals surface area contributed by atoms with E-state index in [0.29, 0.717) is 47.3 Å². The number of pyridine rings is 1. The first-order valence-corrected chi connectivity index (χ1v) is 10.1. The van der Waals surface area contributed by atoms with Gasteiger partial charge in [-0.05, 0) is 29.3 Å². The van der Waals surface area contributed by atoms with E-state index in [0.717, 1.165) is 22.3 Å². The molecule has 4 rings (SSSR count). The standard InChI is InChI=1S/C24H25N3O5/c1-28-14-31-20-12-22(30-3)21(29-2)11-18(20)24-27-23-17(10-16-6-4-5-9-26-16)15(13-25)7-8-19(23)32-24/h4-9,11-12H,10,13-14,25H2,1-3H3. The lowest BCUT2D eigenvalue weighted by atomic mass is 10.0. The molecule has 0 unspecified atom stereocenters. The highest BCUT2D eigenvalue weighted by atomic mass is 16.7. The van der Waals surface area contributed by atoms with Gasteiger partial charge in [-0.2, -0.15) is 0 Å². The maximum atomic E-state index is 6.14. The van der Waals surface area contributed by atoms with Crippen LogP contribution in [0.1, 0.15) is 16.8 Å². The van der Waals surface area contributed by atoms with Gasteiger partial charge in [0.2, 0.25) is 5.89 Å². The fourth-order valence-corrected chi connectivity index (χ4v) is 3.55. The van der Waals surface area contributed by atoms with E-state index in [1.807, 2.05) is 30.3 Å². The molecule has 0 aliphatic carbocycles. The molecule has 0 aliphatic heterocycles. The molecule has 0 saturated carbocycles. The van der Waals surface area contributed by atoms with E-state index in [2.05, 4.69) is 4.98 Å². The maximum absolute atomic E-state index is 6.14. The third kappa shape index (κ3) is 4.23. The van der Waals surface area contributed by atoms with Crippen molar-refractivity contribution in [3.8, 4) is 28.7 Å². The third-order valence-corrected chi connectivity index (χ3v) is 5.12. The Morgan fingerprint density at radius 2 is 1.78 bits per heavy atom. The van der Waals surface area contributed by atoms with E-state index < -0.39 is 0 Å². The fraction of sp³-hybridized carbons (Fsp3) is 0.250. The summed E-state index contributed by atoms with van der Waals surface area (Å²) in [5.74, 6) is 1.95. The number of methoxy groups -OCH3 is 3. The van der Waals surface area contributed by atoms with Crippen molar-refractivity contribution in [3.05, 3.63) is 65.5 Å². The lowest BCUT2D eigenvalue weighted by molar-refractivity contribution is 0.0512. The summed E-state index contributed by atoms with van der Waals surface area (Å²) in [6.45, 7) is 0.448. The predicted molar refractivity (Wildman–Crippen MR) is 120 cm³/mol. The number of hydrogen-bond donors (Lipinski definition) is 1. The summed E-state index contributed by atoms with van der Waals surface area (Å²) < 4.78 is 27.8. The second-order valence-corrected chi connectivity index (χ2v) is 7.03. The number of nitrogens with zero attached hydrogens (tertiary/aromatic N) is 2. The molecule has 0 radical (unpaired) electrons. The highest BCUT2D eigenvalue weighted by Gasteiger charge is 2.21. The predicted octanol–water partition coefficient (Wildman–Crippen LogP) is 3.94. The van der Waals surface area contributed by atoms with Gasteiger partial charge in [0.05, 0.1) is 19.8 Å². The van der Waals surface area contributed by atoms with Crippen LogP contribution in [-0.2, 0) is 17.7 Å². The van der Waals surface area contributed by atoms with E-state index in [9.17, 15) is 0 Å². The molecular formula is C24H25N3O5. The van der Waals surface area contributed by atoms with Gasteiger partial charge in [0, 0.05) is 44.1 Å². The fourth-order valence-electron chi connectivity index (χ4n) is 3.55. The van der Waals surface area contributed by atoms with Gasteiger partial charge in [-0.1, -0.05) is 12.1 Å². The molecule has 0 saturated heterocycles. The van der Waals surface area contributed by atoms with Gasteiger partial charge in [0.1, 0.15) is 11.3 Å². The average molecular weight is 435 g/mol. The second kappa shape index (κ2) is 9.67. The lowest BCUT2D eigenvalue weighted by Gasteiger charge is -2.13. The number of oxazole rings is 1. The van der Waals surface area contributed by atoms with E-state index in [1.165, 1.54) is 0 Å². The molecule has 32 heavy (non-hydrogen) atoms. The smallest absolute Gasteiger partial charge is 0.231 e. The van der Waals surface area contributed by atoms with Crippen LogP contribution in [0.3, 0.4) is 0 Å². The first-order chi connectivity index (χ1) is 15.7. The second-order valence-electron chi connectivity index (χ2n) is 7.03. The summed E-state index contributed by atoms with van der Waals surface area (Å²) in [5.41, 5.74) is 10.9. The first-order valence-electron chi connectivity index (χ1n) is 10.1. The average Bonchev–Trinajstić information content (AvgIpc) is 3.27. The highest BCUT2D eigenvalue weighted by molar-refractivity contribution is 5.82. The van der Waals surface area contributed by atoms with Gasteiger partial charge < -0.3 is 29.1 Å². The van der Waals surface area contributed by atoms with Gasteiger partial charge in [-0.3, -0.25) is 4.98 Å². The van der Waals surface area contributed by atoms with Gasteiger partial charge in [-0.25, -0.2) is 4.98 Å². The zero-order valence-corrected chi connectivity index (χ0v) is 18.3. The normalized spacial score (nSPS) is 11.0. The summed E-state index contributed by atoms with van der Waals surface area (Å²) >= 11 is 0. The molecule has 0 aliphatic rings. The molecule has 0 amide bonds. The number of nitrogens with two attached hydrogens (primary N) is 1. The zero-order chi connectivity index (χ0) is 22.5. The van der Waals surface area contributed by atoms with Gasteiger partial charge in [0.15, 0.2) is 23.9 Å². The Kier molecular flexibility index (Phi) is 6.53. The van der Waals surface area contributed by atoms with Crippen molar-refractivity contribution in [2.24, 2.45) is 5.73 Å². The Balaban J connectivity index is 1.86. The van der Waals surface area contributed by atoms with Crippen molar-refractivity contribution in [2.45, 2.75) is 13.0 Å². The maximum Gasteiger partial charge on any atom is 0.231 e. The van der Waals surface area contributed by atoms with Crippen molar-refractivity contribution in [3.63, 3.8) is 0 Å². The van der Waals surface area contributed by atoms with E-state index in [4.69, 9.17) is 34.1 Å². The molecule has 4 aromatic rings. The summed E-state index contributed by atoms with van der Waals surface area (Å²) in [6, 6.07) is 13.2. The van der Waals surface area contributed by atoms with Crippen LogP contribution >= 0.6 is 0 Å². The number of rotatable bonds is 9. The van der Waals surface area contributed by atoms with Crippen LogP contribution in [0, 0.1) is 0 Å². The zero-order valence-electron chi connectivity index (χ0n) is 18.3. The van der Waals surface area contributed by atoms with E-state index in [1.54, 1.807) is 39.7 Å². The molecule has 0 spiro atoms. The molecule has 166 valence electrons. The van der Waals surface area contributed by atoms with Crippen molar-refractivity contribution in [1.82, 2.24) is 9.97 Å². The molecule has 2 aromatic carbocycles. The summed E-state index contributed by atoms with van der Waals surface area (Å²) in [6.07, 6.45) is 2.37. The minimum absolute atomic E-state index is 0.0605. The summed E-state index contributed by atoms with van der Waals surface area (Å²) in [5, 5.41) is 0. The monoisotopic (exact) mass is 435 g/mol. The van der Waals surface area contributed by atoms with E-state index in [-0.39, 0.29) is 6.79 Å². The highest BCUT2D eigenvalue weighted by Crippen LogP contribution is 2.41. The van der Waals surface area contributed by atoms with Crippen LogP contribution in [0.25, 0.3) is 22.6 Å². The Morgan fingerprint density at radius 1 is 0.969 bits per heavy atom. The molecule has 8 nitrogen and oxygen atoms in total. The van der Waals surface area contributed by atoms with Gasteiger partial charge in [0.25, 0.3) is 0 Å². The van der Waals surface area contributed by atoms with Crippen LogP contribution in [0.4, 0.5) is 0 Å². The SMILES string of the molecule is COCOc1cc(OC)c(OC)cc1-c1nc2c(Cc3ccccn3)c(CN)ccc2o1. The van der Waals surface area contributed by atoms with Crippen LogP contribution < -0.4 is 19.9 Å². The van der Waals surface area contributed by atoms with Crippen molar-refractivity contribution < 1.29 is 23.4 Å². The van der Waals surface area contributed by atoms with Crippen molar-refractivity contribution in [1.29, 1.82) is 0 Å². The third-order valence-electron chi connectivity index (χ3n) is 5.12. The molecule has 2 aromatic heterocycles. The number of fused-ring (bicyclic) bond motifs is 1. The minimum atomic E-state index is 0.0605. The molecule has 2 N–H and O–H groups in total. The molecular weight excluding hydrogens is 410 g/mol. The van der Waals surface area contributed by atoms with Crippen LogP contribution in [0.2, 0.25) is 0 Å². The minimum Gasteiger partial charge on any atom is -0.493 e. The number of ether oxygens (including phenoxy) is 4. The number of aromatic nitrogens is 2. The van der Waals surface area contributed by atoms with Crippen LogP contribution in [-0.4, -0.2) is 38.1 Å². The Morgan fingerprint density at radius 3 is 2.47 bits per heavy atom. The van der Waals surface area contributed by atoms with Gasteiger partial charge in [-0.15, -0.1) is 0 Å². The molecule has 0 bridgehead atoms. The lowest BCUT2D eigenvalue weighted by Crippen LogP contribution is -2.04. The summed E-state index contributed by atoms with van der Waals surface area (Å²) in [4.78, 5) is 9.27. The van der Waals surface area contributed by atoms with Gasteiger partial charge >= 0.3 is 0 Å². The van der Waals surface area contributed by atoms with E-state index >= 15 is 0 Å². The largest absolute Gasteiger partial charge is 0.493 e. The Labute approximate surface area is 185 Å². The Hall–Kier alpha value is -3.62. The first kappa shape index (κ1) is 21.6. The Bertz CT molecular complexity index is 1210. The molecule has 8 heteroatoms. The molecule has 0 atom stereocenters. The van der Waals surface area contributed by atoms with Crippen molar-refractivity contribution >= 4 is 11.1 Å². The summed E-state index contributed by atoms with van der Waals surface area (Å²) in [7, 11) is 4.69. The van der Waals surface area contributed by atoms with Crippen molar-refractivity contribution in [2.75, 3.05) is 28.1 Å². The van der Waals surface area contributed by atoms with Crippen LogP contribution in [0.5, 0.6) is 17.2 Å². The topological polar surface area (TPSA) is 102 Å². The van der Waals surface area contributed by atoms with Crippen LogP contribution in [0.15, 0.2) is 53.1 Å². The molecule has 2 heterocycles. The quantitative estimate of drug-likeness (QED) is 0.395.